The molecular weight excluding hydrogens is 300 g/mol. The Kier molecular flexibility index (Phi) is 4.43. The minimum atomic E-state index is 0.109. The lowest BCUT2D eigenvalue weighted by Crippen LogP contribution is -2.37. The first-order valence-corrected chi connectivity index (χ1v) is 8.73. The minimum absolute atomic E-state index is 0.109. The van der Waals surface area contributed by atoms with E-state index in [-0.39, 0.29) is 5.91 Å². The van der Waals surface area contributed by atoms with E-state index in [1.54, 1.807) is 0 Å². The molecule has 2 aromatic heterocycles. The summed E-state index contributed by atoms with van der Waals surface area (Å²) in [5.74, 6) is 0.957. The van der Waals surface area contributed by atoms with Crippen LogP contribution >= 0.6 is 0 Å². The standard InChI is InChI=1S/C19H26N4O/c1-6-18-20-10-15-7-8-22(11-17(15)21-18)19(24)16-9-13(4)23(12(2)3)14(16)5/h9-10,12H,6-8,11H2,1-5H3. The molecule has 1 aliphatic heterocycles. The van der Waals surface area contributed by atoms with Gasteiger partial charge in [-0.3, -0.25) is 4.79 Å². The van der Waals surface area contributed by atoms with Gasteiger partial charge >= 0.3 is 0 Å². The van der Waals surface area contributed by atoms with E-state index in [4.69, 9.17) is 0 Å². The van der Waals surface area contributed by atoms with Gasteiger partial charge in [0.2, 0.25) is 0 Å². The molecule has 128 valence electrons. The van der Waals surface area contributed by atoms with Crippen LogP contribution < -0.4 is 0 Å². The normalized spacial score (nSPS) is 14.2. The van der Waals surface area contributed by atoms with Crippen molar-refractivity contribution in [3.8, 4) is 0 Å². The summed E-state index contributed by atoms with van der Waals surface area (Å²) in [6.07, 6.45) is 3.57. The molecule has 1 amide bonds. The highest BCUT2D eigenvalue weighted by atomic mass is 16.2. The number of amides is 1. The zero-order valence-corrected chi connectivity index (χ0v) is 15.3. The fourth-order valence-corrected chi connectivity index (χ4v) is 3.65. The molecule has 0 saturated heterocycles. The molecule has 0 N–H and O–H groups in total. The third kappa shape index (κ3) is 2.83. The van der Waals surface area contributed by atoms with Gasteiger partial charge in [0.1, 0.15) is 5.82 Å². The summed E-state index contributed by atoms with van der Waals surface area (Å²) in [5, 5.41) is 0. The number of hydrogen-bond donors (Lipinski definition) is 0. The lowest BCUT2D eigenvalue weighted by Gasteiger charge is -2.28. The molecule has 0 atom stereocenters. The Morgan fingerprint density at radius 2 is 2.08 bits per heavy atom. The van der Waals surface area contributed by atoms with Crippen molar-refractivity contribution in [1.82, 2.24) is 19.4 Å². The number of hydrogen-bond acceptors (Lipinski definition) is 3. The summed E-state index contributed by atoms with van der Waals surface area (Å²) < 4.78 is 2.22. The summed E-state index contributed by atoms with van der Waals surface area (Å²) in [4.78, 5) is 24.0. The minimum Gasteiger partial charge on any atom is -0.346 e. The Bertz CT molecular complexity index is 776. The van der Waals surface area contributed by atoms with Gasteiger partial charge in [0.05, 0.1) is 17.8 Å². The second-order valence-corrected chi connectivity index (χ2v) is 6.84. The van der Waals surface area contributed by atoms with Gasteiger partial charge in [-0.05, 0) is 45.7 Å². The molecule has 24 heavy (non-hydrogen) atoms. The van der Waals surface area contributed by atoms with Crippen molar-refractivity contribution in [3.05, 3.63) is 46.3 Å². The fourth-order valence-electron chi connectivity index (χ4n) is 3.65. The molecule has 0 bridgehead atoms. The predicted octanol–water partition coefficient (Wildman–Crippen LogP) is 3.24. The average Bonchev–Trinajstić information content (AvgIpc) is 2.87. The summed E-state index contributed by atoms with van der Waals surface area (Å²) in [5.41, 5.74) is 5.17. The largest absolute Gasteiger partial charge is 0.346 e. The van der Waals surface area contributed by atoms with Crippen LogP contribution in [0.2, 0.25) is 0 Å². The zero-order chi connectivity index (χ0) is 17.4. The van der Waals surface area contributed by atoms with Gasteiger partial charge in [-0.25, -0.2) is 9.97 Å². The molecule has 2 aromatic rings. The van der Waals surface area contributed by atoms with E-state index < -0.39 is 0 Å². The van der Waals surface area contributed by atoms with E-state index in [0.29, 0.717) is 12.6 Å². The van der Waals surface area contributed by atoms with Gasteiger partial charge in [-0.2, -0.15) is 0 Å². The molecule has 3 rings (SSSR count). The summed E-state index contributed by atoms with van der Waals surface area (Å²) in [7, 11) is 0. The Morgan fingerprint density at radius 1 is 1.33 bits per heavy atom. The quantitative estimate of drug-likeness (QED) is 0.870. The number of aromatic nitrogens is 3. The van der Waals surface area contributed by atoms with E-state index in [1.807, 2.05) is 31.0 Å². The lowest BCUT2D eigenvalue weighted by molar-refractivity contribution is 0.0730. The lowest BCUT2D eigenvalue weighted by atomic mass is 10.1. The number of carbonyl (C=O) groups excluding carboxylic acids is 1. The fraction of sp³-hybridized carbons (Fsp3) is 0.526. The van der Waals surface area contributed by atoms with Crippen molar-refractivity contribution < 1.29 is 4.79 Å². The number of fused-ring (bicyclic) bond motifs is 1. The second-order valence-electron chi connectivity index (χ2n) is 6.84. The van der Waals surface area contributed by atoms with Crippen molar-refractivity contribution in [3.63, 3.8) is 0 Å². The molecule has 0 spiro atoms. The number of nitrogens with zero attached hydrogens (tertiary/aromatic N) is 4. The third-order valence-corrected chi connectivity index (χ3v) is 4.83. The monoisotopic (exact) mass is 326 g/mol. The SMILES string of the molecule is CCc1ncc2c(n1)CN(C(=O)c1cc(C)n(C(C)C)c1C)CC2. The van der Waals surface area contributed by atoms with Crippen molar-refractivity contribution in [2.45, 2.75) is 60.0 Å². The molecular formula is C19H26N4O. The van der Waals surface area contributed by atoms with Gasteiger partial charge in [-0.15, -0.1) is 0 Å². The molecule has 0 aliphatic carbocycles. The van der Waals surface area contributed by atoms with Gasteiger partial charge in [0.15, 0.2) is 0 Å². The Morgan fingerprint density at radius 3 is 2.71 bits per heavy atom. The molecule has 1 aliphatic rings. The molecule has 0 radical (unpaired) electrons. The Labute approximate surface area is 143 Å². The highest BCUT2D eigenvalue weighted by Crippen LogP contribution is 2.24. The van der Waals surface area contributed by atoms with E-state index in [0.717, 1.165) is 47.9 Å². The van der Waals surface area contributed by atoms with Crippen LogP contribution in [0.1, 0.15) is 65.6 Å². The second kappa shape index (κ2) is 6.38. The summed E-state index contributed by atoms with van der Waals surface area (Å²) >= 11 is 0. The number of aryl methyl sites for hydroxylation is 2. The van der Waals surface area contributed by atoms with Gasteiger partial charge in [-0.1, -0.05) is 6.92 Å². The molecule has 0 fully saturated rings. The Balaban J connectivity index is 1.88. The molecule has 3 heterocycles. The van der Waals surface area contributed by atoms with Gasteiger partial charge < -0.3 is 9.47 Å². The Hall–Kier alpha value is -2.17. The van der Waals surface area contributed by atoms with E-state index in [9.17, 15) is 4.79 Å². The van der Waals surface area contributed by atoms with Crippen molar-refractivity contribution in [2.75, 3.05) is 6.54 Å². The van der Waals surface area contributed by atoms with E-state index in [2.05, 4.69) is 35.3 Å². The van der Waals surface area contributed by atoms with E-state index >= 15 is 0 Å². The molecule has 5 nitrogen and oxygen atoms in total. The highest BCUT2D eigenvalue weighted by Gasteiger charge is 2.26. The van der Waals surface area contributed by atoms with Crippen molar-refractivity contribution in [1.29, 1.82) is 0 Å². The predicted molar refractivity (Wildman–Crippen MR) is 94.1 cm³/mol. The van der Waals surface area contributed by atoms with Crippen LogP contribution in [0.3, 0.4) is 0 Å². The van der Waals surface area contributed by atoms with Crippen molar-refractivity contribution >= 4 is 5.91 Å². The summed E-state index contributed by atoms with van der Waals surface area (Å²) in [6, 6.07) is 2.37. The number of carbonyl (C=O) groups is 1. The highest BCUT2D eigenvalue weighted by molar-refractivity contribution is 5.95. The van der Waals surface area contributed by atoms with Crippen LogP contribution in [0, 0.1) is 13.8 Å². The molecule has 0 aromatic carbocycles. The van der Waals surface area contributed by atoms with Crippen molar-refractivity contribution in [2.24, 2.45) is 0 Å². The van der Waals surface area contributed by atoms with Crippen LogP contribution in [0.15, 0.2) is 12.3 Å². The van der Waals surface area contributed by atoms with Gasteiger partial charge in [0, 0.05) is 36.6 Å². The maximum Gasteiger partial charge on any atom is 0.256 e. The average molecular weight is 326 g/mol. The van der Waals surface area contributed by atoms with Crippen LogP contribution in [0.25, 0.3) is 0 Å². The summed E-state index contributed by atoms with van der Waals surface area (Å²) in [6.45, 7) is 11.8. The van der Waals surface area contributed by atoms with E-state index in [1.165, 1.54) is 5.56 Å². The molecule has 5 heteroatoms. The smallest absolute Gasteiger partial charge is 0.256 e. The zero-order valence-electron chi connectivity index (χ0n) is 15.3. The molecule has 0 unspecified atom stereocenters. The maximum absolute atomic E-state index is 13.0. The number of rotatable bonds is 3. The first-order chi connectivity index (χ1) is 11.4. The van der Waals surface area contributed by atoms with Crippen LogP contribution in [0.4, 0.5) is 0 Å². The molecule has 0 saturated carbocycles. The third-order valence-electron chi connectivity index (χ3n) is 4.83. The first-order valence-electron chi connectivity index (χ1n) is 8.73. The topological polar surface area (TPSA) is 51.0 Å². The van der Waals surface area contributed by atoms with Crippen LogP contribution in [0.5, 0.6) is 0 Å². The van der Waals surface area contributed by atoms with Crippen LogP contribution in [-0.4, -0.2) is 31.9 Å². The van der Waals surface area contributed by atoms with Crippen LogP contribution in [-0.2, 0) is 19.4 Å². The first kappa shape index (κ1) is 16.7. The van der Waals surface area contributed by atoms with Gasteiger partial charge in [0.25, 0.3) is 5.91 Å². The maximum atomic E-state index is 13.0.